The molecule has 0 aliphatic heterocycles. The number of hydrogen-bond acceptors (Lipinski definition) is 1. The van der Waals surface area contributed by atoms with Crippen molar-refractivity contribution in [1.29, 1.82) is 0 Å². The number of H-pyrrole nitrogens is 1. The summed E-state index contributed by atoms with van der Waals surface area (Å²) in [6.07, 6.45) is 1.88. The summed E-state index contributed by atoms with van der Waals surface area (Å²) in [6, 6.07) is 7.97. The third kappa shape index (κ3) is 1.25. The van der Waals surface area contributed by atoms with Crippen molar-refractivity contribution >= 4 is 10.9 Å². The van der Waals surface area contributed by atoms with Gasteiger partial charge in [0.25, 0.3) is 0 Å². The Morgan fingerprint density at radius 3 is 2.92 bits per heavy atom. The predicted octanol–water partition coefficient (Wildman–Crippen LogP) is 2.16. The number of nitrogens with one attached hydrogen (secondary N) is 1. The summed E-state index contributed by atoms with van der Waals surface area (Å²) in [7, 11) is 0. The molecule has 1 heterocycles. The van der Waals surface area contributed by atoms with Crippen molar-refractivity contribution in [3.8, 4) is 12.0 Å². The Morgan fingerprint density at radius 1 is 1.38 bits per heavy atom. The first-order valence-electron chi connectivity index (χ1n) is 4.04. The highest BCUT2D eigenvalue weighted by Gasteiger charge is 1.99. The summed E-state index contributed by atoms with van der Waals surface area (Å²) < 4.78 is 0. The van der Waals surface area contributed by atoms with Gasteiger partial charge in [-0.15, -0.1) is 0 Å². The van der Waals surface area contributed by atoms with Gasteiger partial charge in [0.05, 0.1) is 5.69 Å². The number of aliphatic hydroxyl groups is 1. The minimum Gasteiger partial charge on any atom is -0.462 e. The zero-order valence-corrected chi connectivity index (χ0v) is 7.26. The van der Waals surface area contributed by atoms with Gasteiger partial charge in [-0.3, -0.25) is 0 Å². The van der Waals surface area contributed by atoms with Crippen molar-refractivity contribution < 1.29 is 5.11 Å². The lowest BCUT2D eigenvalue weighted by Crippen LogP contribution is -1.72. The van der Waals surface area contributed by atoms with Crippen LogP contribution >= 0.6 is 0 Å². The molecule has 2 heteroatoms. The molecule has 2 nitrogen and oxygen atoms in total. The molecule has 0 saturated carbocycles. The molecule has 13 heavy (non-hydrogen) atoms. The maximum Gasteiger partial charge on any atom is 0.114 e. The van der Waals surface area contributed by atoms with Gasteiger partial charge in [0.2, 0.25) is 0 Å². The normalized spacial score (nSPS) is 9.62. The van der Waals surface area contributed by atoms with Crippen LogP contribution in [0, 0.1) is 19.0 Å². The van der Waals surface area contributed by atoms with Crippen LogP contribution in [0.15, 0.2) is 24.3 Å². The molecular formula is C11H9NO. The van der Waals surface area contributed by atoms with E-state index in [1.165, 1.54) is 5.56 Å². The molecule has 1 aromatic heterocycles. The lowest BCUT2D eigenvalue weighted by atomic mass is 10.1. The zero-order chi connectivity index (χ0) is 9.26. The summed E-state index contributed by atoms with van der Waals surface area (Å²) in [4.78, 5) is 3.10. The third-order valence-corrected chi connectivity index (χ3v) is 2.07. The molecule has 0 atom stereocenters. The van der Waals surface area contributed by atoms with Crippen LogP contribution in [0.4, 0.5) is 0 Å². The molecule has 0 amide bonds. The van der Waals surface area contributed by atoms with E-state index in [1.807, 2.05) is 37.3 Å². The smallest absolute Gasteiger partial charge is 0.114 e. The summed E-state index contributed by atoms with van der Waals surface area (Å²) in [6.45, 7) is 2.05. The highest BCUT2D eigenvalue weighted by Crippen LogP contribution is 2.18. The molecular weight excluding hydrogens is 162 g/mol. The van der Waals surface area contributed by atoms with Gasteiger partial charge in [0, 0.05) is 10.9 Å². The molecule has 1 aromatic carbocycles. The standard InChI is InChI=1S/C11H9NO/c1-8-3-2-4-11-10(8)7-9(12-11)5-6-13/h2-4,7,12-13H,1H3. The lowest BCUT2D eigenvalue weighted by Gasteiger charge is -1.92. The van der Waals surface area contributed by atoms with Gasteiger partial charge in [0.15, 0.2) is 0 Å². The van der Waals surface area contributed by atoms with Gasteiger partial charge in [-0.25, -0.2) is 0 Å². The molecule has 0 fully saturated rings. The maximum absolute atomic E-state index is 8.43. The largest absolute Gasteiger partial charge is 0.462 e. The topological polar surface area (TPSA) is 36.0 Å². The number of hydrogen-bond donors (Lipinski definition) is 2. The summed E-state index contributed by atoms with van der Waals surface area (Å²) in [5.74, 6) is 2.57. The van der Waals surface area contributed by atoms with Gasteiger partial charge >= 0.3 is 0 Å². The van der Waals surface area contributed by atoms with Gasteiger partial charge in [0.1, 0.15) is 6.11 Å². The molecule has 0 bridgehead atoms. The number of aryl methyl sites for hydroxylation is 1. The molecule has 0 saturated heterocycles. The fourth-order valence-corrected chi connectivity index (χ4v) is 1.43. The number of aromatic nitrogens is 1. The Labute approximate surface area is 76.2 Å². The van der Waals surface area contributed by atoms with Gasteiger partial charge in [-0.2, -0.15) is 0 Å². The zero-order valence-electron chi connectivity index (χ0n) is 7.26. The fraction of sp³-hybridized carbons (Fsp3) is 0.0909. The third-order valence-electron chi connectivity index (χ3n) is 2.07. The Balaban J connectivity index is 2.73. The number of rotatable bonds is 0. The van der Waals surface area contributed by atoms with Crippen molar-refractivity contribution in [2.24, 2.45) is 0 Å². The molecule has 2 N–H and O–H groups in total. The number of benzene rings is 1. The molecule has 2 rings (SSSR count). The lowest BCUT2D eigenvalue weighted by molar-refractivity contribution is 0.517. The van der Waals surface area contributed by atoms with Crippen molar-refractivity contribution in [1.82, 2.24) is 4.98 Å². The van der Waals surface area contributed by atoms with Crippen LogP contribution < -0.4 is 0 Å². The average molecular weight is 171 g/mol. The quantitative estimate of drug-likeness (QED) is 0.585. The number of aromatic amines is 1. The second kappa shape index (κ2) is 2.87. The molecule has 0 spiro atoms. The summed E-state index contributed by atoms with van der Waals surface area (Å²) in [5.41, 5.74) is 3.00. The van der Waals surface area contributed by atoms with Crippen LogP contribution in [-0.4, -0.2) is 10.1 Å². The minimum atomic E-state index is 0.742. The van der Waals surface area contributed by atoms with Gasteiger partial charge in [-0.1, -0.05) is 12.1 Å². The minimum absolute atomic E-state index is 0.742. The number of aliphatic hydroxyl groups excluding tert-OH is 1. The van der Waals surface area contributed by atoms with E-state index in [4.69, 9.17) is 5.11 Å². The Morgan fingerprint density at radius 2 is 2.23 bits per heavy atom. The first kappa shape index (κ1) is 7.75. The highest BCUT2D eigenvalue weighted by atomic mass is 16.2. The van der Waals surface area contributed by atoms with Crippen LogP contribution in [-0.2, 0) is 0 Å². The maximum atomic E-state index is 8.43. The van der Waals surface area contributed by atoms with Crippen LogP contribution in [0.25, 0.3) is 10.9 Å². The van der Waals surface area contributed by atoms with Crippen LogP contribution in [0.2, 0.25) is 0 Å². The van der Waals surface area contributed by atoms with E-state index in [2.05, 4.69) is 10.9 Å². The summed E-state index contributed by atoms with van der Waals surface area (Å²) >= 11 is 0. The van der Waals surface area contributed by atoms with E-state index in [0.29, 0.717) is 0 Å². The molecule has 0 aliphatic rings. The van der Waals surface area contributed by atoms with Crippen molar-refractivity contribution in [3.05, 3.63) is 35.5 Å². The second-order valence-corrected chi connectivity index (χ2v) is 2.96. The van der Waals surface area contributed by atoms with Crippen LogP contribution in [0.5, 0.6) is 0 Å². The SMILES string of the molecule is Cc1cccc2[nH]c(C#CO)cc12. The van der Waals surface area contributed by atoms with E-state index in [0.717, 1.165) is 16.6 Å². The Bertz CT molecular complexity index is 500. The van der Waals surface area contributed by atoms with E-state index in [-0.39, 0.29) is 0 Å². The number of fused-ring (bicyclic) bond motifs is 1. The van der Waals surface area contributed by atoms with Crippen molar-refractivity contribution in [3.63, 3.8) is 0 Å². The van der Waals surface area contributed by atoms with Crippen LogP contribution in [0.3, 0.4) is 0 Å². The van der Waals surface area contributed by atoms with Crippen LogP contribution in [0.1, 0.15) is 11.3 Å². The van der Waals surface area contributed by atoms with E-state index in [9.17, 15) is 0 Å². The van der Waals surface area contributed by atoms with E-state index < -0.39 is 0 Å². The van der Waals surface area contributed by atoms with Gasteiger partial charge < -0.3 is 10.1 Å². The highest BCUT2D eigenvalue weighted by molar-refractivity contribution is 5.84. The molecule has 0 radical (unpaired) electrons. The molecule has 0 aliphatic carbocycles. The predicted molar refractivity (Wildman–Crippen MR) is 51.8 cm³/mol. The fourth-order valence-electron chi connectivity index (χ4n) is 1.43. The Kier molecular flexibility index (Phi) is 1.71. The van der Waals surface area contributed by atoms with Gasteiger partial charge in [-0.05, 0) is 30.5 Å². The van der Waals surface area contributed by atoms with E-state index >= 15 is 0 Å². The monoisotopic (exact) mass is 171 g/mol. The second-order valence-electron chi connectivity index (χ2n) is 2.96. The van der Waals surface area contributed by atoms with Crippen molar-refractivity contribution in [2.75, 3.05) is 0 Å². The average Bonchev–Trinajstić information content (AvgIpc) is 2.49. The molecule has 2 aromatic rings. The molecule has 64 valence electrons. The van der Waals surface area contributed by atoms with E-state index in [1.54, 1.807) is 0 Å². The first-order valence-corrected chi connectivity index (χ1v) is 4.04. The first-order chi connectivity index (χ1) is 6.31. The van der Waals surface area contributed by atoms with Crippen molar-refractivity contribution in [2.45, 2.75) is 6.92 Å². The Hall–Kier alpha value is -1.88. The summed E-state index contributed by atoms with van der Waals surface area (Å²) in [5, 5.41) is 9.59. The molecule has 0 unspecified atom stereocenters.